The number of hydrogen-bond acceptors (Lipinski definition) is 4. The molecule has 4 heteroatoms. The minimum atomic E-state index is 0.223. The smallest absolute Gasteiger partial charge is 0.164 e. The zero-order chi connectivity index (χ0) is 21.7. The molecule has 0 saturated carbocycles. The monoisotopic (exact) mass is 433 g/mol. The molecule has 0 radical (unpaired) electrons. The molecule has 2 heterocycles. The topological polar surface area (TPSA) is 38.7 Å². The molecule has 2 unspecified atom stereocenters. The second-order valence-electron chi connectivity index (χ2n) is 8.63. The van der Waals surface area contributed by atoms with Crippen LogP contribution in [-0.4, -0.2) is 20.2 Å². The number of rotatable bonds is 3. The number of hydrogen-bond donors (Lipinski definition) is 0. The minimum Gasteiger partial charge on any atom is -0.213 e. The summed E-state index contributed by atoms with van der Waals surface area (Å²) in [5, 5.41) is 0.404. The Morgan fingerprint density at radius 1 is 0.750 bits per heavy atom. The Morgan fingerprint density at radius 3 is 2.34 bits per heavy atom. The molecule has 0 N–H and O–H groups in total. The molecule has 0 saturated heterocycles. The maximum Gasteiger partial charge on any atom is 0.164 e. The van der Waals surface area contributed by atoms with Gasteiger partial charge in [-0.1, -0.05) is 98.8 Å². The first-order valence-corrected chi connectivity index (χ1v) is 12.0. The summed E-state index contributed by atoms with van der Waals surface area (Å²) in [5.41, 5.74) is 6.23. The molecule has 1 aromatic heterocycles. The van der Waals surface area contributed by atoms with Gasteiger partial charge in [0.1, 0.15) is 5.82 Å². The molecular formula is C28H23N3S. The van der Waals surface area contributed by atoms with Gasteiger partial charge in [0.2, 0.25) is 0 Å². The van der Waals surface area contributed by atoms with Gasteiger partial charge in [-0.25, -0.2) is 15.0 Å². The average Bonchev–Trinajstić information content (AvgIpc) is 3.23. The summed E-state index contributed by atoms with van der Waals surface area (Å²) in [6, 6.07) is 25.5. The summed E-state index contributed by atoms with van der Waals surface area (Å²) in [7, 11) is 0. The van der Waals surface area contributed by atoms with Crippen LogP contribution in [0.15, 0.2) is 83.8 Å². The van der Waals surface area contributed by atoms with Crippen molar-refractivity contribution in [2.75, 3.05) is 0 Å². The predicted molar refractivity (Wildman–Crippen MR) is 132 cm³/mol. The van der Waals surface area contributed by atoms with Crippen LogP contribution in [0.1, 0.15) is 48.2 Å². The average molecular weight is 434 g/mol. The molecule has 4 aromatic rings. The van der Waals surface area contributed by atoms with Crippen LogP contribution in [0.5, 0.6) is 0 Å². The maximum absolute atomic E-state index is 4.94. The second-order valence-corrected chi connectivity index (χ2v) is 9.82. The molecule has 2 aliphatic rings. The molecule has 0 amide bonds. The fourth-order valence-electron chi connectivity index (χ4n) is 4.62. The van der Waals surface area contributed by atoms with Crippen LogP contribution < -0.4 is 0 Å². The normalized spacial score (nSPS) is 18.3. The van der Waals surface area contributed by atoms with Crippen molar-refractivity contribution in [1.29, 1.82) is 0 Å². The highest BCUT2D eigenvalue weighted by atomic mass is 32.2. The third-order valence-electron chi connectivity index (χ3n) is 6.20. The Bertz CT molecular complexity index is 1340. The zero-order valence-electron chi connectivity index (χ0n) is 18.1. The fourth-order valence-corrected chi connectivity index (χ4v) is 6.09. The highest BCUT2D eigenvalue weighted by Gasteiger charge is 2.37. The van der Waals surface area contributed by atoms with E-state index in [4.69, 9.17) is 15.0 Å². The van der Waals surface area contributed by atoms with E-state index in [1.54, 1.807) is 0 Å². The molecule has 1 aliphatic carbocycles. The molecule has 0 fully saturated rings. The summed E-state index contributed by atoms with van der Waals surface area (Å²) < 4.78 is 0. The molecule has 2 atom stereocenters. The maximum atomic E-state index is 4.94. The lowest BCUT2D eigenvalue weighted by Gasteiger charge is -2.23. The minimum absolute atomic E-state index is 0.223. The fraction of sp³-hybridized carbons (Fsp3) is 0.179. The van der Waals surface area contributed by atoms with E-state index >= 15 is 0 Å². The van der Waals surface area contributed by atoms with E-state index in [1.807, 2.05) is 30.0 Å². The first-order chi connectivity index (χ1) is 15.7. The van der Waals surface area contributed by atoms with E-state index in [1.165, 1.54) is 21.6 Å². The number of fused-ring (bicyclic) bond motifs is 5. The Balaban J connectivity index is 1.52. The number of benzene rings is 3. The van der Waals surface area contributed by atoms with E-state index in [9.17, 15) is 0 Å². The van der Waals surface area contributed by atoms with Crippen LogP contribution in [0.25, 0.3) is 28.9 Å². The molecule has 6 rings (SSSR count). The van der Waals surface area contributed by atoms with Gasteiger partial charge in [-0.2, -0.15) is 0 Å². The Labute approximate surface area is 192 Å². The lowest BCUT2D eigenvalue weighted by atomic mass is 9.82. The first-order valence-electron chi connectivity index (χ1n) is 11.1. The quantitative estimate of drug-likeness (QED) is 0.350. The van der Waals surface area contributed by atoms with Gasteiger partial charge in [-0.15, -0.1) is 11.8 Å². The Hall–Kier alpha value is -3.24. The van der Waals surface area contributed by atoms with Gasteiger partial charge in [-0.05, 0) is 16.7 Å². The van der Waals surface area contributed by atoms with Crippen LogP contribution in [0, 0.1) is 0 Å². The van der Waals surface area contributed by atoms with Crippen molar-refractivity contribution in [1.82, 2.24) is 15.0 Å². The summed E-state index contributed by atoms with van der Waals surface area (Å²) in [6.07, 6.45) is 4.62. The van der Waals surface area contributed by atoms with Crippen molar-refractivity contribution in [2.24, 2.45) is 0 Å². The molecule has 1 aliphatic heterocycles. The van der Waals surface area contributed by atoms with Gasteiger partial charge in [-0.3, -0.25) is 0 Å². The molecule has 0 spiro atoms. The second kappa shape index (κ2) is 7.72. The summed E-state index contributed by atoms with van der Waals surface area (Å²) in [4.78, 5) is 15.9. The van der Waals surface area contributed by atoms with E-state index in [-0.39, 0.29) is 5.92 Å². The van der Waals surface area contributed by atoms with Gasteiger partial charge in [0.05, 0.1) is 0 Å². The first kappa shape index (κ1) is 19.4. The highest BCUT2D eigenvalue weighted by molar-refractivity contribution is 8.00. The van der Waals surface area contributed by atoms with Crippen molar-refractivity contribution in [3.8, 4) is 22.8 Å². The largest absolute Gasteiger partial charge is 0.213 e. The van der Waals surface area contributed by atoms with Crippen LogP contribution in [0.4, 0.5) is 0 Å². The summed E-state index contributed by atoms with van der Waals surface area (Å²) >= 11 is 1.93. The van der Waals surface area contributed by atoms with E-state index in [2.05, 4.69) is 80.6 Å². The van der Waals surface area contributed by atoms with Crippen molar-refractivity contribution in [3.05, 3.63) is 101 Å². The van der Waals surface area contributed by atoms with E-state index < -0.39 is 0 Å². The standard InChI is InChI=1S/C28H23N3S/c1-17(2)26-29-27(19-10-4-3-5-11-19)31-28(30-26)22-14-8-13-21-24-20-12-7-6-9-18(20)15-16-23(24)32-25(21)22/h3-17,23-24H,1-2H3. The number of aromatic nitrogens is 3. The predicted octanol–water partition coefficient (Wildman–Crippen LogP) is 6.96. The number of nitrogens with zero attached hydrogens (tertiary/aromatic N) is 3. The number of thioether (sulfide) groups is 1. The van der Waals surface area contributed by atoms with Crippen molar-refractivity contribution < 1.29 is 0 Å². The van der Waals surface area contributed by atoms with Crippen molar-refractivity contribution in [3.63, 3.8) is 0 Å². The Morgan fingerprint density at radius 2 is 1.50 bits per heavy atom. The van der Waals surface area contributed by atoms with Crippen molar-refractivity contribution in [2.45, 2.75) is 35.8 Å². The molecule has 3 aromatic carbocycles. The van der Waals surface area contributed by atoms with Crippen LogP contribution in [-0.2, 0) is 0 Å². The van der Waals surface area contributed by atoms with Crippen LogP contribution >= 0.6 is 11.8 Å². The van der Waals surface area contributed by atoms with E-state index in [0.29, 0.717) is 11.2 Å². The lowest BCUT2D eigenvalue weighted by molar-refractivity contribution is 0.765. The Kier molecular flexibility index (Phi) is 4.69. The van der Waals surface area contributed by atoms with Gasteiger partial charge in [0.25, 0.3) is 0 Å². The van der Waals surface area contributed by atoms with E-state index in [0.717, 1.165) is 28.6 Å². The molecule has 32 heavy (non-hydrogen) atoms. The molecule has 0 bridgehead atoms. The third-order valence-corrected chi connectivity index (χ3v) is 7.59. The highest BCUT2D eigenvalue weighted by Crippen LogP contribution is 2.54. The molecule has 3 nitrogen and oxygen atoms in total. The van der Waals surface area contributed by atoms with Crippen LogP contribution in [0.3, 0.4) is 0 Å². The lowest BCUT2D eigenvalue weighted by Crippen LogP contribution is -2.13. The van der Waals surface area contributed by atoms with Crippen LogP contribution in [0.2, 0.25) is 0 Å². The zero-order valence-corrected chi connectivity index (χ0v) is 18.9. The van der Waals surface area contributed by atoms with Gasteiger partial charge in [0, 0.05) is 33.1 Å². The summed E-state index contributed by atoms with van der Waals surface area (Å²) in [6.45, 7) is 4.27. The van der Waals surface area contributed by atoms with Crippen molar-refractivity contribution >= 4 is 17.8 Å². The SMILES string of the molecule is CC(C)c1nc(-c2ccccc2)nc(-c2cccc3c2SC2C=Cc4ccccc4C32)n1. The van der Waals surface area contributed by atoms with Gasteiger partial charge in [0.15, 0.2) is 11.6 Å². The van der Waals surface area contributed by atoms with Gasteiger partial charge >= 0.3 is 0 Å². The molecule has 156 valence electrons. The third kappa shape index (κ3) is 3.18. The van der Waals surface area contributed by atoms with Gasteiger partial charge < -0.3 is 0 Å². The molecular weight excluding hydrogens is 410 g/mol. The summed E-state index contributed by atoms with van der Waals surface area (Å²) in [5.74, 6) is 2.93.